The molecule has 0 fully saturated rings. The Morgan fingerprint density at radius 2 is 1.87 bits per heavy atom. The molecule has 0 radical (unpaired) electrons. The molecule has 0 saturated heterocycles. The molecule has 1 aliphatic heterocycles. The summed E-state index contributed by atoms with van der Waals surface area (Å²) in [6.45, 7) is 0. The van der Waals surface area contributed by atoms with Crippen molar-refractivity contribution in [1.82, 2.24) is 5.32 Å². The standard InChI is InChI=1S/C16H11BrN2O3S/c17-9-2-1-3-11(6-9)23-8-14(20)18-10-4-5-12-13(7-10)16(22)19-15(12)21/h1-7H,8H2,(H,18,20)(H,19,21,22). The number of thioether (sulfide) groups is 1. The Hall–Kier alpha value is -2.12. The SMILES string of the molecule is O=C(CSc1cccc(Br)c1)Nc1ccc2c(c1)C(=O)NC2=O. The molecule has 3 rings (SSSR count). The summed E-state index contributed by atoms with van der Waals surface area (Å²) in [6.07, 6.45) is 0. The number of rotatable bonds is 4. The Morgan fingerprint density at radius 3 is 2.65 bits per heavy atom. The molecule has 0 aliphatic carbocycles. The Morgan fingerprint density at radius 1 is 1.09 bits per heavy atom. The summed E-state index contributed by atoms with van der Waals surface area (Å²) in [5.74, 6) is -0.782. The van der Waals surface area contributed by atoms with Crippen molar-refractivity contribution < 1.29 is 14.4 Å². The van der Waals surface area contributed by atoms with Crippen molar-refractivity contribution in [2.75, 3.05) is 11.1 Å². The number of halogens is 1. The molecule has 0 unspecified atom stereocenters. The molecule has 0 saturated carbocycles. The van der Waals surface area contributed by atoms with E-state index in [4.69, 9.17) is 0 Å². The number of imide groups is 1. The number of carbonyl (C=O) groups is 3. The van der Waals surface area contributed by atoms with E-state index >= 15 is 0 Å². The molecule has 2 aromatic carbocycles. The van der Waals surface area contributed by atoms with Crippen LogP contribution in [0.5, 0.6) is 0 Å². The molecule has 5 nitrogen and oxygen atoms in total. The summed E-state index contributed by atoms with van der Waals surface area (Å²) >= 11 is 4.80. The summed E-state index contributed by atoms with van der Waals surface area (Å²) < 4.78 is 0.956. The van der Waals surface area contributed by atoms with E-state index in [1.165, 1.54) is 23.9 Å². The maximum absolute atomic E-state index is 12.0. The molecule has 0 aromatic heterocycles. The molecule has 1 heterocycles. The zero-order valence-corrected chi connectivity index (χ0v) is 14.2. The summed E-state index contributed by atoms with van der Waals surface area (Å²) in [7, 11) is 0. The second kappa shape index (κ2) is 6.55. The number of amides is 3. The fourth-order valence-corrected chi connectivity index (χ4v) is 3.45. The fourth-order valence-electron chi connectivity index (χ4n) is 2.15. The van der Waals surface area contributed by atoms with Gasteiger partial charge >= 0.3 is 0 Å². The third-order valence-corrected chi connectivity index (χ3v) is 4.67. The zero-order valence-electron chi connectivity index (χ0n) is 11.8. The van der Waals surface area contributed by atoms with Gasteiger partial charge in [-0.1, -0.05) is 22.0 Å². The number of benzene rings is 2. The van der Waals surface area contributed by atoms with E-state index in [9.17, 15) is 14.4 Å². The van der Waals surface area contributed by atoms with Crippen LogP contribution >= 0.6 is 27.7 Å². The van der Waals surface area contributed by atoms with Crippen LogP contribution in [0.2, 0.25) is 0 Å². The molecule has 0 bridgehead atoms. The van der Waals surface area contributed by atoms with Gasteiger partial charge in [-0.25, -0.2) is 0 Å². The molecule has 7 heteroatoms. The van der Waals surface area contributed by atoms with E-state index in [0.29, 0.717) is 11.3 Å². The van der Waals surface area contributed by atoms with E-state index in [-0.39, 0.29) is 17.2 Å². The molecule has 2 aromatic rings. The maximum atomic E-state index is 12.0. The van der Waals surface area contributed by atoms with Gasteiger partial charge < -0.3 is 5.32 Å². The molecular formula is C16H11BrN2O3S. The fraction of sp³-hybridized carbons (Fsp3) is 0.0625. The molecular weight excluding hydrogens is 380 g/mol. The second-order valence-electron chi connectivity index (χ2n) is 4.84. The lowest BCUT2D eigenvalue weighted by Gasteiger charge is -2.06. The average molecular weight is 391 g/mol. The second-order valence-corrected chi connectivity index (χ2v) is 6.80. The normalized spacial score (nSPS) is 12.7. The van der Waals surface area contributed by atoms with E-state index in [1.807, 2.05) is 24.3 Å². The van der Waals surface area contributed by atoms with Crippen molar-refractivity contribution in [1.29, 1.82) is 0 Å². The summed E-state index contributed by atoms with van der Waals surface area (Å²) in [5, 5.41) is 4.94. The zero-order chi connectivity index (χ0) is 16.4. The lowest BCUT2D eigenvalue weighted by molar-refractivity contribution is -0.113. The summed E-state index contributed by atoms with van der Waals surface area (Å²) in [5.41, 5.74) is 1.11. The molecule has 23 heavy (non-hydrogen) atoms. The molecule has 0 atom stereocenters. The van der Waals surface area contributed by atoms with Crippen molar-refractivity contribution in [2.45, 2.75) is 4.90 Å². The number of carbonyl (C=O) groups excluding carboxylic acids is 3. The third-order valence-electron chi connectivity index (χ3n) is 3.19. The van der Waals surface area contributed by atoms with Crippen molar-refractivity contribution in [3.05, 3.63) is 58.1 Å². The number of hydrogen-bond acceptors (Lipinski definition) is 4. The lowest BCUT2D eigenvalue weighted by atomic mass is 10.1. The first kappa shape index (κ1) is 15.8. The van der Waals surface area contributed by atoms with Gasteiger partial charge in [0.2, 0.25) is 5.91 Å². The van der Waals surface area contributed by atoms with E-state index in [2.05, 4.69) is 26.6 Å². The molecule has 2 N–H and O–H groups in total. The van der Waals surface area contributed by atoms with Crippen molar-refractivity contribution in [2.24, 2.45) is 0 Å². The number of hydrogen-bond donors (Lipinski definition) is 2. The van der Waals surface area contributed by atoms with Crippen molar-refractivity contribution in [3.8, 4) is 0 Å². The maximum Gasteiger partial charge on any atom is 0.259 e. The van der Waals surface area contributed by atoms with Crippen LogP contribution in [-0.2, 0) is 4.79 Å². The van der Waals surface area contributed by atoms with Crippen molar-refractivity contribution >= 4 is 51.1 Å². The minimum atomic E-state index is -0.440. The third kappa shape index (κ3) is 3.62. The number of nitrogens with one attached hydrogen (secondary N) is 2. The van der Waals surface area contributed by atoms with Gasteiger partial charge in [0, 0.05) is 15.1 Å². The molecule has 0 spiro atoms. The molecule has 1 aliphatic rings. The van der Waals surface area contributed by atoms with Crippen LogP contribution in [0.15, 0.2) is 51.8 Å². The highest BCUT2D eigenvalue weighted by atomic mass is 79.9. The highest BCUT2D eigenvalue weighted by Crippen LogP contribution is 2.23. The van der Waals surface area contributed by atoms with Gasteiger partial charge in [0.25, 0.3) is 11.8 Å². The van der Waals surface area contributed by atoms with Crippen LogP contribution in [0.3, 0.4) is 0 Å². The van der Waals surface area contributed by atoms with Crippen LogP contribution < -0.4 is 10.6 Å². The first-order chi connectivity index (χ1) is 11.0. The van der Waals surface area contributed by atoms with Gasteiger partial charge in [-0.15, -0.1) is 11.8 Å². The van der Waals surface area contributed by atoms with Crippen LogP contribution in [0.1, 0.15) is 20.7 Å². The van der Waals surface area contributed by atoms with E-state index in [1.54, 1.807) is 6.07 Å². The Kier molecular flexibility index (Phi) is 4.49. The smallest absolute Gasteiger partial charge is 0.259 e. The van der Waals surface area contributed by atoms with Crippen LogP contribution in [0, 0.1) is 0 Å². The van der Waals surface area contributed by atoms with E-state index < -0.39 is 11.8 Å². The van der Waals surface area contributed by atoms with Gasteiger partial charge in [0.05, 0.1) is 16.9 Å². The van der Waals surface area contributed by atoms with Crippen LogP contribution in [0.4, 0.5) is 5.69 Å². The highest BCUT2D eigenvalue weighted by molar-refractivity contribution is 9.10. The predicted molar refractivity (Wildman–Crippen MR) is 91.7 cm³/mol. The highest BCUT2D eigenvalue weighted by Gasteiger charge is 2.26. The lowest BCUT2D eigenvalue weighted by Crippen LogP contribution is -2.19. The topological polar surface area (TPSA) is 75.3 Å². The molecule has 3 amide bonds. The Balaban J connectivity index is 1.63. The van der Waals surface area contributed by atoms with Gasteiger partial charge in [-0.3, -0.25) is 19.7 Å². The minimum absolute atomic E-state index is 0.181. The Labute approximate surface area is 145 Å². The van der Waals surface area contributed by atoms with Gasteiger partial charge in [-0.05, 0) is 36.4 Å². The summed E-state index contributed by atoms with van der Waals surface area (Å²) in [6, 6.07) is 12.3. The summed E-state index contributed by atoms with van der Waals surface area (Å²) in [4.78, 5) is 36.1. The monoisotopic (exact) mass is 390 g/mol. The van der Waals surface area contributed by atoms with Gasteiger partial charge in [0.1, 0.15) is 0 Å². The van der Waals surface area contributed by atoms with Crippen LogP contribution in [-0.4, -0.2) is 23.5 Å². The largest absolute Gasteiger partial charge is 0.325 e. The number of anilines is 1. The Bertz CT molecular complexity index is 823. The first-order valence-electron chi connectivity index (χ1n) is 6.71. The average Bonchev–Trinajstić information content (AvgIpc) is 2.80. The number of fused-ring (bicyclic) bond motifs is 1. The quantitative estimate of drug-likeness (QED) is 0.621. The van der Waals surface area contributed by atoms with Gasteiger partial charge in [0.15, 0.2) is 0 Å². The predicted octanol–water partition coefficient (Wildman–Crippen LogP) is 3.06. The van der Waals surface area contributed by atoms with E-state index in [0.717, 1.165) is 9.37 Å². The minimum Gasteiger partial charge on any atom is -0.325 e. The van der Waals surface area contributed by atoms with Gasteiger partial charge in [-0.2, -0.15) is 0 Å². The van der Waals surface area contributed by atoms with Crippen LogP contribution in [0.25, 0.3) is 0 Å². The van der Waals surface area contributed by atoms with Crippen molar-refractivity contribution in [3.63, 3.8) is 0 Å². The molecule has 116 valence electrons. The first-order valence-corrected chi connectivity index (χ1v) is 8.49.